The highest BCUT2D eigenvalue weighted by Crippen LogP contribution is 2.53. The van der Waals surface area contributed by atoms with Crippen LogP contribution in [0.3, 0.4) is 0 Å². The molecule has 2 unspecified atom stereocenters. The largest absolute Gasteiger partial charge is 0.481 e. The molecular weight excluding hydrogens is 334 g/mol. The van der Waals surface area contributed by atoms with Crippen LogP contribution in [0.1, 0.15) is 6.92 Å². The predicted molar refractivity (Wildman–Crippen MR) is 66.9 cm³/mol. The molecule has 0 saturated carbocycles. The van der Waals surface area contributed by atoms with E-state index >= 15 is 0 Å². The summed E-state index contributed by atoms with van der Waals surface area (Å²) in [7, 11) is -10.8. The maximum Gasteiger partial charge on any atom is 0.340 e. The smallest absolute Gasteiger partial charge is 0.340 e. The quantitative estimate of drug-likeness (QED) is 0.276. The highest BCUT2D eigenvalue weighted by molar-refractivity contribution is 7.55. The maximum atomic E-state index is 11.2. The van der Waals surface area contributed by atoms with Crippen LogP contribution in [-0.2, 0) is 23.5 Å². The van der Waals surface area contributed by atoms with Crippen LogP contribution in [0.15, 0.2) is 0 Å². The minimum atomic E-state index is -5.38. The van der Waals surface area contributed by atoms with E-state index in [-0.39, 0.29) is 6.61 Å². The Morgan fingerprint density at radius 3 is 1.48 bits per heavy atom. The number of aliphatic carboxylic acids is 2. The second-order valence-electron chi connectivity index (χ2n) is 4.07. The van der Waals surface area contributed by atoms with Crippen molar-refractivity contribution in [2.24, 2.45) is 5.92 Å². The van der Waals surface area contributed by atoms with E-state index in [4.69, 9.17) is 34.5 Å². The molecule has 0 bridgehead atoms. The molecule has 21 heavy (non-hydrogen) atoms. The minimum absolute atomic E-state index is 0.0719. The topological polar surface area (TPSA) is 199 Å². The lowest BCUT2D eigenvalue weighted by Crippen LogP contribution is -2.43. The van der Waals surface area contributed by atoms with Gasteiger partial charge in [-0.3, -0.25) is 18.7 Å². The second-order valence-corrected chi connectivity index (χ2v) is 7.54. The summed E-state index contributed by atoms with van der Waals surface area (Å²) in [6.45, 7) is 0.510. The number of carboxylic acids is 2. The SMILES string of the molecule is CCOCC(C(C(=O)O)P(=O)(O)O)C(C(=O)O)P(=O)(O)O. The monoisotopic (exact) mass is 350 g/mol. The molecule has 124 valence electrons. The van der Waals surface area contributed by atoms with E-state index in [0.29, 0.717) is 0 Å². The molecule has 0 aromatic rings. The van der Waals surface area contributed by atoms with Gasteiger partial charge in [0.1, 0.15) is 0 Å². The average Bonchev–Trinajstić information content (AvgIpc) is 2.20. The number of hydrogen-bond donors (Lipinski definition) is 6. The van der Waals surface area contributed by atoms with Gasteiger partial charge in [-0.25, -0.2) is 0 Å². The van der Waals surface area contributed by atoms with Crippen molar-refractivity contribution >= 4 is 27.1 Å². The van der Waals surface area contributed by atoms with Gasteiger partial charge < -0.3 is 34.5 Å². The lowest BCUT2D eigenvalue weighted by atomic mass is 10.0. The van der Waals surface area contributed by atoms with Gasteiger partial charge in [-0.1, -0.05) is 0 Å². The van der Waals surface area contributed by atoms with Gasteiger partial charge in [0, 0.05) is 12.5 Å². The molecule has 0 aromatic heterocycles. The Morgan fingerprint density at radius 1 is 0.952 bits per heavy atom. The van der Waals surface area contributed by atoms with Gasteiger partial charge in [-0.15, -0.1) is 0 Å². The van der Waals surface area contributed by atoms with Gasteiger partial charge in [-0.2, -0.15) is 0 Å². The fourth-order valence-electron chi connectivity index (χ4n) is 1.76. The molecule has 0 amide bonds. The van der Waals surface area contributed by atoms with Gasteiger partial charge in [0.2, 0.25) is 0 Å². The average molecular weight is 350 g/mol. The number of carboxylic acid groups (broad SMARTS) is 2. The Balaban J connectivity index is 5.94. The predicted octanol–water partition coefficient (Wildman–Crippen LogP) is -1.10. The zero-order chi connectivity index (χ0) is 17.0. The second kappa shape index (κ2) is 7.46. The zero-order valence-electron chi connectivity index (χ0n) is 10.8. The third kappa shape index (κ3) is 5.84. The van der Waals surface area contributed by atoms with E-state index in [0.717, 1.165) is 0 Å². The summed E-state index contributed by atoms with van der Waals surface area (Å²) in [5.74, 6) is -6.26. The molecule has 6 N–H and O–H groups in total. The molecule has 13 heteroatoms. The van der Waals surface area contributed by atoms with E-state index in [1.165, 1.54) is 6.92 Å². The Hall–Kier alpha value is -0.800. The van der Waals surface area contributed by atoms with Crippen molar-refractivity contribution in [3.63, 3.8) is 0 Å². The van der Waals surface area contributed by atoms with Gasteiger partial charge >= 0.3 is 27.1 Å². The highest BCUT2D eigenvalue weighted by atomic mass is 31.2. The highest BCUT2D eigenvalue weighted by Gasteiger charge is 2.53. The van der Waals surface area contributed by atoms with Crippen LogP contribution < -0.4 is 0 Å². The van der Waals surface area contributed by atoms with E-state index in [9.17, 15) is 18.7 Å². The first kappa shape index (κ1) is 20.2. The third-order valence-electron chi connectivity index (χ3n) is 2.56. The van der Waals surface area contributed by atoms with E-state index in [1.54, 1.807) is 0 Å². The summed E-state index contributed by atoms with van der Waals surface area (Å²) in [5, 5.41) is 17.8. The number of carbonyl (C=O) groups is 2. The molecule has 0 heterocycles. The Morgan fingerprint density at radius 2 is 1.29 bits per heavy atom. The maximum absolute atomic E-state index is 11.2. The van der Waals surface area contributed by atoms with Crippen LogP contribution in [0.25, 0.3) is 0 Å². The normalized spacial score (nSPS) is 17.0. The van der Waals surface area contributed by atoms with E-state index in [1.807, 2.05) is 0 Å². The van der Waals surface area contributed by atoms with Gasteiger partial charge in [0.25, 0.3) is 0 Å². The first-order valence-corrected chi connectivity index (χ1v) is 8.84. The Kier molecular flexibility index (Phi) is 7.17. The van der Waals surface area contributed by atoms with Crippen molar-refractivity contribution in [1.82, 2.24) is 0 Å². The first-order chi connectivity index (χ1) is 9.34. The van der Waals surface area contributed by atoms with Crippen LogP contribution >= 0.6 is 15.2 Å². The summed E-state index contributed by atoms with van der Waals surface area (Å²) >= 11 is 0. The van der Waals surface area contributed by atoms with Crippen molar-refractivity contribution in [2.75, 3.05) is 13.2 Å². The van der Waals surface area contributed by atoms with Crippen LogP contribution in [0.4, 0.5) is 0 Å². The van der Waals surface area contributed by atoms with Crippen molar-refractivity contribution in [2.45, 2.75) is 18.2 Å². The number of ether oxygens (including phenoxy) is 1. The Labute approximate surface area is 118 Å². The molecule has 0 saturated heterocycles. The lowest BCUT2D eigenvalue weighted by molar-refractivity contribution is -0.141. The fraction of sp³-hybridized carbons (Fsp3) is 0.750. The lowest BCUT2D eigenvalue weighted by Gasteiger charge is -2.29. The minimum Gasteiger partial charge on any atom is -0.481 e. The summed E-state index contributed by atoms with van der Waals surface area (Å²) in [6.07, 6.45) is 0. The molecule has 0 aliphatic heterocycles. The fourth-order valence-corrected chi connectivity index (χ4v) is 3.99. The van der Waals surface area contributed by atoms with Crippen molar-refractivity contribution in [3.05, 3.63) is 0 Å². The summed E-state index contributed by atoms with van der Waals surface area (Å²) in [6, 6.07) is 0. The summed E-state index contributed by atoms with van der Waals surface area (Å²) in [5.41, 5.74) is -5.23. The number of rotatable bonds is 9. The molecular formula is C8H16O11P2. The molecule has 2 atom stereocenters. The summed E-state index contributed by atoms with van der Waals surface area (Å²) in [4.78, 5) is 58.2. The zero-order valence-corrected chi connectivity index (χ0v) is 12.6. The molecule has 0 rings (SSSR count). The summed E-state index contributed by atoms with van der Waals surface area (Å²) < 4.78 is 27.2. The number of hydrogen-bond acceptors (Lipinski definition) is 5. The van der Waals surface area contributed by atoms with Crippen LogP contribution in [0.2, 0.25) is 0 Å². The molecule has 0 radical (unpaired) electrons. The molecule has 0 aliphatic rings. The molecule has 0 aliphatic carbocycles. The first-order valence-electron chi connectivity index (χ1n) is 5.47. The molecule has 0 fully saturated rings. The van der Waals surface area contributed by atoms with Crippen LogP contribution in [0.5, 0.6) is 0 Å². The molecule has 0 spiro atoms. The van der Waals surface area contributed by atoms with Crippen molar-refractivity contribution in [3.8, 4) is 0 Å². The molecule has 0 aromatic carbocycles. The van der Waals surface area contributed by atoms with Crippen molar-refractivity contribution in [1.29, 1.82) is 0 Å². The van der Waals surface area contributed by atoms with E-state index in [2.05, 4.69) is 0 Å². The van der Waals surface area contributed by atoms with Gasteiger partial charge in [0.05, 0.1) is 6.61 Å². The Bertz CT molecular complexity index is 437. The third-order valence-corrected chi connectivity index (χ3v) is 5.21. The van der Waals surface area contributed by atoms with Gasteiger partial charge in [-0.05, 0) is 6.92 Å². The van der Waals surface area contributed by atoms with Gasteiger partial charge in [0.15, 0.2) is 11.3 Å². The molecule has 11 nitrogen and oxygen atoms in total. The van der Waals surface area contributed by atoms with E-state index < -0.39 is 51.0 Å². The van der Waals surface area contributed by atoms with Crippen LogP contribution in [0, 0.1) is 5.92 Å². The van der Waals surface area contributed by atoms with Crippen LogP contribution in [-0.4, -0.2) is 66.3 Å². The van der Waals surface area contributed by atoms with Crippen molar-refractivity contribution < 1.29 is 53.2 Å². The standard InChI is InChI=1S/C8H16O11P2/c1-2-19-3-4(5(7(9)10)20(13,14)15)6(8(11)12)21(16,17)18/h4-6H,2-3H2,1H3,(H,9,10)(H,11,12)(H2,13,14,15)(H2,16,17,18).